The van der Waals surface area contributed by atoms with Crippen LogP contribution in [0.5, 0.6) is 0 Å². The molecule has 0 aliphatic rings. The number of nitrogens with one attached hydrogen (secondary N) is 3. The standard InChI is InChI=1S/C18H19BrClN3O3S/c1-3-10(2)15(21-16(24)11-4-6-12(20)7-5-11)18(26)23-22-17(25)13-8-9-14(19)27-13/h4-10,15H,3H2,1-2H3,(H,21,24)(H,22,25)(H,23,26)/t10-,15-/m0/s1. The lowest BCUT2D eigenvalue weighted by molar-refractivity contribution is -0.124. The minimum atomic E-state index is -0.798. The maximum absolute atomic E-state index is 12.5. The first kappa shape index (κ1) is 21.4. The van der Waals surface area contributed by atoms with Crippen molar-refractivity contribution >= 4 is 56.6 Å². The van der Waals surface area contributed by atoms with Crippen molar-refractivity contribution < 1.29 is 14.4 Å². The van der Waals surface area contributed by atoms with E-state index in [-0.39, 0.29) is 11.8 Å². The normalized spacial score (nSPS) is 12.7. The second-order valence-electron chi connectivity index (χ2n) is 5.89. The summed E-state index contributed by atoms with van der Waals surface area (Å²) in [4.78, 5) is 37.5. The Balaban J connectivity index is 2.01. The molecule has 2 rings (SSSR count). The van der Waals surface area contributed by atoms with E-state index in [9.17, 15) is 14.4 Å². The van der Waals surface area contributed by atoms with Gasteiger partial charge in [-0.3, -0.25) is 25.2 Å². The topological polar surface area (TPSA) is 87.3 Å². The lowest BCUT2D eigenvalue weighted by atomic mass is 9.98. The van der Waals surface area contributed by atoms with E-state index in [1.165, 1.54) is 11.3 Å². The van der Waals surface area contributed by atoms with Crippen LogP contribution in [0.4, 0.5) is 0 Å². The van der Waals surface area contributed by atoms with Crippen molar-refractivity contribution in [2.24, 2.45) is 5.92 Å². The molecule has 0 aliphatic heterocycles. The van der Waals surface area contributed by atoms with E-state index >= 15 is 0 Å². The molecule has 3 N–H and O–H groups in total. The summed E-state index contributed by atoms with van der Waals surface area (Å²) in [6, 6.07) is 8.97. The third-order valence-electron chi connectivity index (χ3n) is 3.98. The van der Waals surface area contributed by atoms with Crippen LogP contribution < -0.4 is 16.2 Å². The fraction of sp³-hybridized carbons (Fsp3) is 0.278. The SMILES string of the molecule is CC[C@H](C)[C@H](NC(=O)c1ccc(Cl)cc1)C(=O)NNC(=O)c1ccc(Br)s1. The molecule has 0 fully saturated rings. The van der Waals surface area contributed by atoms with Crippen LogP contribution in [0, 0.1) is 5.92 Å². The Kier molecular flexibility index (Phi) is 7.82. The van der Waals surface area contributed by atoms with Gasteiger partial charge in [-0.25, -0.2) is 0 Å². The van der Waals surface area contributed by atoms with Gasteiger partial charge in [-0.15, -0.1) is 11.3 Å². The third kappa shape index (κ3) is 6.05. The summed E-state index contributed by atoms with van der Waals surface area (Å²) in [7, 11) is 0. The molecule has 144 valence electrons. The monoisotopic (exact) mass is 471 g/mol. The average molecular weight is 473 g/mol. The number of rotatable bonds is 6. The van der Waals surface area contributed by atoms with Gasteiger partial charge in [0, 0.05) is 10.6 Å². The zero-order valence-corrected chi connectivity index (χ0v) is 17.9. The third-order valence-corrected chi connectivity index (χ3v) is 5.86. The highest BCUT2D eigenvalue weighted by atomic mass is 79.9. The van der Waals surface area contributed by atoms with Gasteiger partial charge in [-0.2, -0.15) is 0 Å². The van der Waals surface area contributed by atoms with Gasteiger partial charge in [-0.05, 0) is 58.2 Å². The number of benzene rings is 1. The highest BCUT2D eigenvalue weighted by Gasteiger charge is 2.27. The van der Waals surface area contributed by atoms with Crippen molar-refractivity contribution in [3.63, 3.8) is 0 Å². The molecule has 2 aromatic rings. The molecule has 27 heavy (non-hydrogen) atoms. The summed E-state index contributed by atoms with van der Waals surface area (Å²) in [6.07, 6.45) is 0.671. The quantitative estimate of drug-likeness (QED) is 0.559. The molecule has 6 nitrogen and oxygen atoms in total. The minimum absolute atomic E-state index is 0.131. The molecule has 3 amide bonds. The molecule has 0 bridgehead atoms. The largest absolute Gasteiger partial charge is 0.340 e. The van der Waals surface area contributed by atoms with Gasteiger partial charge >= 0.3 is 0 Å². The molecular formula is C18H19BrClN3O3S. The smallest absolute Gasteiger partial charge is 0.279 e. The maximum Gasteiger partial charge on any atom is 0.279 e. The van der Waals surface area contributed by atoms with Gasteiger partial charge in [-0.1, -0.05) is 31.9 Å². The summed E-state index contributed by atoms with van der Waals surface area (Å²) >= 11 is 10.4. The second-order valence-corrected chi connectivity index (χ2v) is 8.79. The number of hydrogen-bond donors (Lipinski definition) is 3. The van der Waals surface area contributed by atoms with Crippen LogP contribution in [0.25, 0.3) is 0 Å². The fourth-order valence-electron chi connectivity index (χ4n) is 2.22. The molecule has 2 atom stereocenters. The van der Waals surface area contributed by atoms with E-state index in [2.05, 4.69) is 32.1 Å². The van der Waals surface area contributed by atoms with Crippen LogP contribution in [0.2, 0.25) is 5.02 Å². The molecule has 0 spiro atoms. The van der Waals surface area contributed by atoms with Crippen LogP contribution in [0.1, 0.15) is 40.3 Å². The van der Waals surface area contributed by atoms with E-state index in [1.807, 2.05) is 13.8 Å². The molecule has 1 aromatic heterocycles. The van der Waals surface area contributed by atoms with E-state index in [4.69, 9.17) is 11.6 Å². The fourth-order valence-corrected chi connectivity index (χ4v) is 3.63. The number of halogens is 2. The van der Waals surface area contributed by atoms with Crippen molar-refractivity contribution in [2.75, 3.05) is 0 Å². The lowest BCUT2D eigenvalue weighted by Crippen LogP contribution is -2.54. The maximum atomic E-state index is 12.5. The van der Waals surface area contributed by atoms with Crippen molar-refractivity contribution in [2.45, 2.75) is 26.3 Å². The predicted molar refractivity (Wildman–Crippen MR) is 110 cm³/mol. The van der Waals surface area contributed by atoms with E-state index in [1.54, 1.807) is 36.4 Å². The first-order chi connectivity index (χ1) is 12.8. The Hall–Kier alpha value is -1.90. The Morgan fingerprint density at radius 3 is 2.30 bits per heavy atom. The lowest BCUT2D eigenvalue weighted by Gasteiger charge is -2.23. The number of amides is 3. The summed E-state index contributed by atoms with van der Waals surface area (Å²) in [5.41, 5.74) is 5.16. The molecule has 0 aliphatic carbocycles. The zero-order valence-electron chi connectivity index (χ0n) is 14.7. The molecule has 1 heterocycles. The predicted octanol–water partition coefficient (Wildman–Crippen LogP) is 3.77. The Bertz CT molecular complexity index is 826. The Morgan fingerprint density at radius 2 is 1.74 bits per heavy atom. The first-order valence-electron chi connectivity index (χ1n) is 8.23. The molecule has 0 unspecified atom stereocenters. The number of hydrazine groups is 1. The average Bonchev–Trinajstić information content (AvgIpc) is 3.10. The van der Waals surface area contributed by atoms with E-state index < -0.39 is 17.9 Å². The van der Waals surface area contributed by atoms with Gasteiger partial charge in [0.1, 0.15) is 6.04 Å². The molecule has 1 aromatic carbocycles. The Labute approximate surface area is 174 Å². The van der Waals surface area contributed by atoms with Crippen LogP contribution in [-0.4, -0.2) is 23.8 Å². The molecule has 9 heteroatoms. The summed E-state index contributed by atoms with van der Waals surface area (Å²) in [5, 5.41) is 3.24. The van der Waals surface area contributed by atoms with E-state index in [0.717, 1.165) is 3.79 Å². The zero-order chi connectivity index (χ0) is 20.0. The van der Waals surface area contributed by atoms with Gasteiger partial charge in [0.05, 0.1) is 8.66 Å². The van der Waals surface area contributed by atoms with Gasteiger partial charge < -0.3 is 5.32 Å². The minimum Gasteiger partial charge on any atom is -0.340 e. The first-order valence-corrected chi connectivity index (χ1v) is 10.2. The van der Waals surface area contributed by atoms with Crippen molar-refractivity contribution in [1.82, 2.24) is 16.2 Å². The van der Waals surface area contributed by atoms with Crippen molar-refractivity contribution in [3.8, 4) is 0 Å². The highest BCUT2D eigenvalue weighted by molar-refractivity contribution is 9.11. The molecule has 0 saturated carbocycles. The number of hydrogen-bond acceptors (Lipinski definition) is 4. The summed E-state index contributed by atoms with van der Waals surface area (Å²) < 4.78 is 0.812. The number of carbonyl (C=O) groups excluding carboxylic acids is 3. The van der Waals surface area contributed by atoms with Crippen LogP contribution in [0.3, 0.4) is 0 Å². The van der Waals surface area contributed by atoms with Crippen molar-refractivity contribution in [3.05, 3.63) is 55.6 Å². The highest BCUT2D eigenvalue weighted by Crippen LogP contribution is 2.21. The van der Waals surface area contributed by atoms with Gasteiger partial charge in [0.15, 0.2) is 0 Å². The summed E-state index contributed by atoms with van der Waals surface area (Å²) in [6.45, 7) is 3.77. The van der Waals surface area contributed by atoms with Gasteiger partial charge in [0.2, 0.25) is 0 Å². The summed E-state index contributed by atoms with van der Waals surface area (Å²) in [5.74, 6) is -1.43. The van der Waals surface area contributed by atoms with Crippen LogP contribution in [-0.2, 0) is 4.79 Å². The number of thiophene rings is 1. The van der Waals surface area contributed by atoms with Crippen molar-refractivity contribution in [1.29, 1.82) is 0 Å². The number of carbonyl (C=O) groups is 3. The Morgan fingerprint density at radius 1 is 1.07 bits per heavy atom. The van der Waals surface area contributed by atoms with Crippen LogP contribution in [0.15, 0.2) is 40.2 Å². The molecule has 0 saturated heterocycles. The molecule has 0 radical (unpaired) electrons. The van der Waals surface area contributed by atoms with Crippen LogP contribution >= 0.6 is 38.9 Å². The second kappa shape index (κ2) is 9.87. The van der Waals surface area contributed by atoms with E-state index in [0.29, 0.717) is 21.9 Å². The van der Waals surface area contributed by atoms with Gasteiger partial charge in [0.25, 0.3) is 17.7 Å². The molecular weight excluding hydrogens is 454 g/mol.